The fourth-order valence-corrected chi connectivity index (χ4v) is 2.24. The van der Waals surface area contributed by atoms with E-state index in [1.165, 1.54) is 6.92 Å². The van der Waals surface area contributed by atoms with Crippen LogP contribution in [0.2, 0.25) is 0 Å². The molecule has 20 heavy (non-hydrogen) atoms. The van der Waals surface area contributed by atoms with E-state index in [1.807, 2.05) is 0 Å². The predicted octanol–water partition coefficient (Wildman–Crippen LogP) is 1.84. The first-order valence-electron chi connectivity index (χ1n) is 5.80. The molecule has 0 aromatic heterocycles. The topological polar surface area (TPSA) is 74.6 Å². The smallest absolute Gasteiger partial charge is 0.185 e. The Hall–Kier alpha value is -1.31. The number of hydrogen-bond acceptors (Lipinski definition) is 5. The second-order valence-electron chi connectivity index (χ2n) is 4.16. The van der Waals surface area contributed by atoms with Gasteiger partial charge >= 0.3 is 0 Å². The highest BCUT2D eigenvalue weighted by Crippen LogP contribution is 2.24. The van der Waals surface area contributed by atoms with E-state index in [2.05, 4.69) is 0 Å². The largest absolute Gasteiger partial charge is 0.390 e. The molecule has 0 amide bonds. The van der Waals surface area contributed by atoms with Crippen molar-refractivity contribution in [2.45, 2.75) is 25.6 Å². The van der Waals surface area contributed by atoms with Crippen LogP contribution in [0.25, 0.3) is 0 Å². The van der Waals surface area contributed by atoms with E-state index in [9.17, 15) is 28.6 Å². The van der Waals surface area contributed by atoms with Gasteiger partial charge in [-0.05, 0) is 24.1 Å². The van der Waals surface area contributed by atoms with Crippen LogP contribution in [0, 0.1) is 11.6 Å². The molecular formula is C13H14F2O4S. The summed E-state index contributed by atoms with van der Waals surface area (Å²) >= 11 is 0.980. The molecule has 4 nitrogen and oxygen atoms in total. The van der Waals surface area contributed by atoms with Gasteiger partial charge in [0.1, 0.15) is 17.7 Å². The summed E-state index contributed by atoms with van der Waals surface area (Å²) in [5.74, 6) is -1.91. The maximum absolute atomic E-state index is 13.4. The van der Waals surface area contributed by atoms with Gasteiger partial charge in [-0.25, -0.2) is 8.78 Å². The Morgan fingerprint density at radius 3 is 2.35 bits per heavy atom. The monoisotopic (exact) mass is 304 g/mol. The number of thioether (sulfide) groups is 1. The Kier molecular flexibility index (Phi) is 6.25. The highest BCUT2D eigenvalue weighted by atomic mass is 32.2. The first kappa shape index (κ1) is 16.7. The van der Waals surface area contributed by atoms with E-state index in [0.717, 1.165) is 23.9 Å². The van der Waals surface area contributed by atoms with E-state index in [4.69, 9.17) is 0 Å². The number of halogens is 2. The number of aliphatic hydroxyl groups excluding tert-OH is 2. The fourth-order valence-electron chi connectivity index (χ4n) is 1.59. The van der Waals surface area contributed by atoms with Crippen LogP contribution in [0.3, 0.4) is 0 Å². The van der Waals surface area contributed by atoms with Crippen molar-refractivity contribution in [3.05, 3.63) is 34.9 Å². The first-order valence-corrected chi connectivity index (χ1v) is 6.79. The van der Waals surface area contributed by atoms with Gasteiger partial charge in [0.2, 0.25) is 0 Å². The lowest BCUT2D eigenvalue weighted by Gasteiger charge is -2.18. The van der Waals surface area contributed by atoms with E-state index in [-0.39, 0.29) is 29.1 Å². The van der Waals surface area contributed by atoms with Crippen LogP contribution < -0.4 is 0 Å². The van der Waals surface area contributed by atoms with E-state index < -0.39 is 29.4 Å². The molecule has 1 aromatic carbocycles. The highest BCUT2D eigenvalue weighted by Gasteiger charge is 2.21. The fraction of sp³-hybridized carbons (Fsp3) is 0.385. The average Bonchev–Trinajstić information content (AvgIpc) is 2.36. The molecule has 2 N–H and O–H groups in total. The molecule has 1 aromatic rings. The lowest BCUT2D eigenvalue weighted by molar-refractivity contribution is -0.109. The number of benzene rings is 1. The molecule has 0 saturated heterocycles. The maximum Gasteiger partial charge on any atom is 0.185 e. The van der Waals surface area contributed by atoms with E-state index in [1.54, 1.807) is 0 Å². The summed E-state index contributed by atoms with van der Waals surface area (Å²) in [6.07, 6.45) is -2.62. The number of carbonyl (C=O) groups is 2. The van der Waals surface area contributed by atoms with Gasteiger partial charge in [-0.15, -0.1) is 0 Å². The van der Waals surface area contributed by atoms with Gasteiger partial charge in [0.25, 0.3) is 0 Å². The van der Waals surface area contributed by atoms with Crippen molar-refractivity contribution in [3.63, 3.8) is 0 Å². The molecule has 2 atom stereocenters. The minimum atomic E-state index is -1.49. The van der Waals surface area contributed by atoms with E-state index >= 15 is 0 Å². The van der Waals surface area contributed by atoms with Gasteiger partial charge in [0.05, 0.1) is 11.7 Å². The molecule has 1 rings (SSSR count). The van der Waals surface area contributed by atoms with Gasteiger partial charge in [-0.2, -0.15) is 0 Å². The number of carbonyl (C=O) groups excluding carboxylic acids is 2. The Morgan fingerprint density at radius 1 is 1.35 bits per heavy atom. The van der Waals surface area contributed by atoms with Crippen LogP contribution in [-0.2, 0) is 4.79 Å². The van der Waals surface area contributed by atoms with Crippen molar-refractivity contribution in [1.29, 1.82) is 0 Å². The summed E-state index contributed by atoms with van der Waals surface area (Å²) < 4.78 is 26.8. The molecule has 2 unspecified atom stereocenters. The maximum atomic E-state index is 13.4. The van der Waals surface area contributed by atoms with Crippen LogP contribution in [0.4, 0.5) is 8.78 Å². The summed E-state index contributed by atoms with van der Waals surface area (Å²) in [6, 6.07) is 1.61. The summed E-state index contributed by atoms with van der Waals surface area (Å²) in [7, 11) is 0. The molecule has 0 saturated carbocycles. The predicted molar refractivity (Wildman–Crippen MR) is 70.5 cm³/mol. The third kappa shape index (κ3) is 4.36. The number of hydrogen-bond donors (Lipinski definition) is 2. The summed E-state index contributed by atoms with van der Waals surface area (Å²) in [4.78, 5) is 21.2. The number of rotatable bonds is 6. The van der Waals surface area contributed by atoms with Crippen LogP contribution in [0.1, 0.15) is 35.4 Å². The first-order chi connectivity index (χ1) is 9.36. The van der Waals surface area contributed by atoms with Gasteiger partial charge < -0.3 is 10.2 Å². The lowest BCUT2D eigenvalue weighted by Crippen LogP contribution is -2.20. The average molecular weight is 304 g/mol. The summed E-state index contributed by atoms with van der Waals surface area (Å²) in [5, 5.41) is 19.4. The Labute approximate surface area is 118 Å². The number of aldehydes is 1. The minimum Gasteiger partial charge on any atom is -0.390 e. The van der Waals surface area contributed by atoms with Crippen LogP contribution in [0.5, 0.6) is 0 Å². The molecule has 0 bridgehead atoms. The van der Waals surface area contributed by atoms with Crippen molar-refractivity contribution < 1.29 is 28.6 Å². The Bertz CT molecular complexity index is 484. The zero-order valence-corrected chi connectivity index (χ0v) is 11.5. The molecule has 0 aliphatic rings. The molecule has 110 valence electrons. The molecule has 0 heterocycles. The van der Waals surface area contributed by atoms with Crippen molar-refractivity contribution in [2.75, 3.05) is 5.75 Å². The third-order valence-electron chi connectivity index (χ3n) is 2.64. The summed E-state index contributed by atoms with van der Waals surface area (Å²) in [5.41, 5.74) is -0.881. The molecule has 0 radical (unpaired) electrons. The second-order valence-corrected chi connectivity index (χ2v) is 5.43. The number of aliphatic hydroxyl groups is 2. The van der Waals surface area contributed by atoms with Crippen molar-refractivity contribution in [1.82, 2.24) is 0 Å². The highest BCUT2D eigenvalue weighted by molar-refractivity contribution is 8.13. The SMILES string of the molecule is CC(=O)SCCC(O)C(O)c1cc(F)c(C=O)c(F)c1. The summed E-state index contributed by atoms with van der Waals surface area (Å²) in [6.45, 7) is 1.37. The van der Waals surface area contributed by atoms with Crippen molar-refractivity contribution in [3.8, 4) is 0 Å². The quantitative estimate of drug-likeness (QED) is 0.784. The van der Waals surface area contributed by atoms with E-state index in [0.29, 0.717) is 0 Å². The molecule has 0 spiro atoms. The molecule has 0 fully saturated rings. The normalized spacial score (nSPS) is 13.8. The van der Waals surface area contributed by atoms with Crippen molar-refractivity contribution in [2.24, 2.45) is 0 Å². The zero-order chi connectivity index (χ0) is 15.3. The third-order valence-corrected chi connectivity index (χ3v) is 3.49. The van der Waals surface area contributed by atoms with Crippen molar-refractivity contribution >= 4 is 23.2 Å². The molecule has 7 heteroatoms. The molecule has 0 aliphatic carbocycles. The van der Waals surface area contributed by atoms with Gasteiger partial charge in [0, 0.05) is 12.7 Å². The van der Waals surface area contributed by atoms with Crippen LogP contribution >= 0.6 is 11.8 Å². The minimum absolute atomic E-state index is 0.0424. The van der Waals surface area contributed by atoms with Crippen LogP contribution in [0.15, 0.2) is 12.1 Å². The molecule has 0 aliphatic heterocycles. The van der Waals surface area contributed by atoms with Gasteiger partial charge in [-0.3, -0.25) is 9.59 Å². The Balaban J connectivity index is 2.78. The standard InChI is InChI=1S/C13H14F2O4S/c1-7(17)20-3-2-12(18)13(19)8-4-10(14)9(6-16)11(15)5-8/h4-6,12-13,18-19H,2-3H2,1H3. The van der Waals surface area contributed by atoms with Gasteiger partial charge in [-0.1, -0.05) is 11.8 Å². The van der Waals surface area contributed by atoms with Gasteiger partial charge in [0.15, 0.2) is 11.4 Å². The molecular weight excluding hydrogens is 290 g/mol. The lowest BCUT2D eigenvalue weighted by atomic mass is 10.0. The Morgan fingerprint density at radius 2 is 1.90 bits per heavy atom. The second kappa shape index (κ2) is 7.47. The zero-order valence-electron chi connectivity index (χ0n) is 10.7. The van der Waals surface area contributed by atoms with Crippen LogP contribution in [-0.4, -0.2) is 33.5 Å².